The summed E-state index contributed by atoms with van der Waals surface area (Å²) in [6.07, 6.45) is 1.78. The predicted molar refractivity (Wildman–Crippen MR) is 75.9 cm³/mol. The molecule has 19 heavy (non-hydrogen) atoms. The van der Waals surface area contributed by atoms with Gasteiger partial charge in [-0.3, -0.25) is 4.98 Å². The first-order chi connectivity index (χ1) is 9.10. The highest BCUT2D eigenvalue weighted by Gasteiger charge is 2.07. The number of aryl methyl sites for hydroxylation is 1. The Kier molecular flexibility index (Phi) is 4.50. The van der Waals surface area contributed by atoms with Gasteiger partial charge in [0.2, 0.25) is 0 Å². The van der Waals surface area contributed by atoms with Crippen LogP contribution in [0.1, 0.15) is 11.3 Å². The summed E-state index contributed by atoms with van der Waals surface area (Å²) in [6, 6.07) is 6.43. The molecule has 3 nitrogen and oxygen atoms in total. The van der Waals surface area contributed by atoms with Gasteiger partial charge in [-0.25, -0.2) is 4.39 Å². The quantitative estimate of drug-likeness (QED) is 0.928. The van der Waals surface area contributed by atoms with Crippen LogP contribution in [0.25, 0.3) is 0 Å². The molecule has 5 heteroatoms. The van der Waals surface area contributed by atoms with Gasteiger partial charge in [0.15, 0.2) is 0 Å². The minimum absolute atomic E-state index is 0.311. The van der Waals surface area contributed by atoms with Crippen molar-refractivity contribution in [3.05, 3.63) is 52.0 Å². The fourth-order valence-electron chi connectivity index (χ4n) is 1.65. The number of ether oxygens (including phenoxy) is 1. The lowest BCUT2D eigenvalue weighted by atomic mass is 10.2. The summed E-state index contributed by atoms with van der Waals surface area (Å²) in [5.41, 5.74) is 1.82. The van der Waals surface area contributed by atoms with Gasteiger partial charge in [-0.2, -0.15) is 0 Å². The molecule has 0 aliphatic heterocycles. The molecule has 100 valence electrons. The van der Waals surface area contributed by atoms with E-state index < -0.39 is 0 Å². The molecule has 0 radical (unpaired) electrons. The molecule has 0 saturated carbocycles. The number of halogens is 2. The third-order valence-corrected chi connectivity index (χ3v) is 3.17. The Labute approximate surface area is 119 Å². The van der Waals surface area contributed by atoms with Crippen LogP contribution in [-0.4, -0.2) is 12.0 Å². The van der Waals surface area contributed by atoms with Crippen LogP contribution in [0.15, 0.2) is 34.9 Å². The minimum atomic E-state index is -0.311. The third-order valence-electron chi connectivity index (χ3n) is 2.57. The van der Waals surface area contributed by atoms with E-state index in [1.807, 2.05) is 20.0 Å². The molecule has 0 aliphatic rings. The Balaban J connectivity index is 2.30. The van der Waals surface area contributed by atoms with Gasteiger partial charge in [0.25, 0.3) is 0 Å². The van der Waals surface area contributed by atoms with Gasteiger partial charge < -0.3 is 10.1 Å². The first-order valence-electron chi connectivity index (χ1n) is 5.83. The fourth-order valence-corrected chi connectivity index (χ4v) is 2.01. The highest BCUT2D eigenvalue weighted by Crippen LogP contribution is 2.28. The lowest BCUT2D eigenvalue weighted by Crippen LogP contribution is -2.07. The number of hydrogen-bond donors (Lipinski definition) is 1. The first kappa shape index (κ1) is 14.0. The zero-order valence-electron chi connectivity index (χ0n) is 10.7. The molecule has 0 atom stereocenters. The van der Waals surface area contributed by atoms with E-state index in [9.17, 15) is 4.39 Å². The molecule has 1 N–H and O–H groups in total. The number of rotatable bonds is 4. The van der Waals surface area contributed by atoms with Crippen molar-refractivity contribution in [2.45, 2.75) is 13.5 Å². The highest BCUT2D eigenvalue weighted by molar-refractivity contribution is 9.10. The molecule has 1 aromatic heterocycles. The normalized spacial score (nSPS) is 10.5. The second kappa shape index (κ2) is 6.12. The topological polar surface area (TPSA) is 34.2 Å². The molecule has 0 spiro atoms. The molecule has 0 unspecified atom stereocenters. The second-order valence-electron chi connectivity index (χ2n) is 4.14. The van der Waals surface area contributed by atoms with Crippen LogP contribution < -0.4 is 10.1 Å². The van der Waals surface area contributed by atoms with Gasteiger partial charge in [-0.05, 0) is 48.1 Å². The van der Waals surface area contributed by atoms with E-state index in [-0.39, 0.29) is 5.82 Å². The monoisotopic (exact) mass is 324 g/mol. The number of hydrogen-bond acceptors (Lipinski definition) is 3. The smallest absolute Gasteiger partial charge is 0.137 e. The molecule has 1 aromatic carbocycles. The fraction of sp³-hybridized carbons (Fsp3) is 0.214. The van der Waals surface area contributed by atoms with Gasteiger partial charge in [-0.15, -0.1) is 0 Å². The van der Waals surface area contributed by atoms with E-state index in [4.69, 9.17) is 4.74 Å². The molecule has 0 amide bonds. The van der Waals surface area contributed by atoms with Crippen LogP contribution in [0.2, 0.25) is 0 Å². The maximum Gasteiger partial charge on any atom is 0.137 e. The van der Waals surface area contributed by atoms with Gasteiger partial charge in [0.1, 0.15) is 17.3 Å². The predicted octanol–water partition coefficient (Wildman–Crippen LogP) is 3.80. The van der Waals surface area contributed by atoms with Crippen molar-refractivity contribution in [2.24, 2.45) is 0 Å². The summed E-state index contributed by atoms with van der Waals surface area (Å²) < 4.78 is 19.4. The SMILES string of the molecule is CNCc1cnc(C)cc1Oc1ccc(F)c(Br)c1. The molecule has 0 saturated heterocycles. The van der Waals surface area contributed by atoms with Gasteiger partial charge in [-0.1, -0.05) is 0 Å². The van der Waals surface area contributed by atoms with Crippen LogP contribution in [0.3, 0.4) is 0 Å². The van der Waals surface area contributed by atoms with Gasteiger partial charge >= 0.3 is 0 Å². The van der Waals surface area contributed by atoms with Crippen LogP contribution in [0, 0.1) is 12.7 Å². The Morgan fingerprint density at radius 3 is 2.84 bits per heavy atom. The zero-order chi connectivity index (χ0) is 13.8. The average Bonchev–Trinajstić information content (AvgIpc) is 2.37. The minimum Gasteiger partial charge on any atom is -0.457 e. The molecular formula is C14H14BrFN2O. The number of nitrogens with one attached hydrogen (secondary N) is 1. The van der Waals surface area contributed by atoms with Crippen LogP contribution >= 0.6 is 15.9 Å². The van der Waals surface area contributed by atoms with E-state index in [2.05, 4.69) is 26.2 Å². The Morgan fingerprint density at radius 1 is 1.37 bits per heavy atom. The standard InChI is InChI=1S/C14H14BrFN2O/c1-9-5-14(10(7-17-2)8-18-9)19-11-3-4-13(16)12(15)6-11/h3-6,8,17H,7H2,1-2H3. The van der Waals surface area contributed by atoms with Crippen molar-refractivity contribution in [3.8, 4) is 11.5 Å². The zero-order valence-corrected chi connectivity index (χ0v) is 12.3. The van der Waals surface area contributed by atoms with Crippen molar-refractivity contribution < 1.29 is 9.13 Å². The summed E-state index contributed by atoms with van der Waals surface area (Å²) in [5, 5.41) is 3.06. The highest BCUT2D eigenvalue weighted by atomic mass is 79.9. The summed E-state index contributed by atoms with van der Waals surface area (Å²) in [4.78, 5) is 4.24. The lowest BCUT2D eigenvalue weighted by molar-refractivity contribution is 0.470. The largest absolute Gasteiger partial charge is 0.457 e. The van der Waals surface area contributed by atoms with Crippen molar-refractivity contribution >= 4 is 15.9 Å². The summed E-state index contributed by atoms with van der Waals surface area (Å²) in [6.45, 7) is 2.56. The van der Waals surface area contributed by atoms with Crippen molar-refractivity contribution in [2.75, 3.05) is 7.05 Å². The molecule has 2 rings (SSSR count). The number of pyridine rings is 1. The molecule has 0 fully saturated rings. The average molecular weight is 325 g/mol. The van der Waals surface area contributed by atoms with Crippen LogP contribution in [0.5, 0.6) is 11.5 Å². The second-order valence-corrected chi connectivity index (χ2v) is 5.00. The first-order valence-corrected chi connectivity index (χ1v) is 6.62. The van der Waals surface area contributed by atoms with Gasteiger partial charge in [0.05, 0.1) is 4.47 Å². The number of nitrogens with zero attached hydrogens (tertiary/aromatic N) is 1. The maximum absolute atomic E-state index is 13.2. The molecule has 1 heterocycles. The summed E-state index contributed by atoms with van der Waals surface area (Å²) >= 11 is 3.14. The third kappa shape index (κ3) is 3.52. The maximum atomic E-state index is 13.2. The van der Waals surface area contributed by atoms with E-state index in [0.717, 1.165) is 17.0 Å². The number of aromatic nitrogens is 1. The van der Waals surface area contributed by atoms with E-state index in [0.29, 0.717) is 16.8 Å². The molecule has 0 aliphatic carbocycles. The number of benzene rings is 1. The summed E-state index contributed by atoms with van der Waals surface area (Å²) in [5.74, 6) is 0.991. The van der Waals surface area contributed by atoms with Crippen molar-refractivity contribution in [1.29, 1.82) is 0 Å². The van der Waals surface area contributed by atoms with Crippen molar-refractivity contribution in [3.63, 3.8) is 0 Å². The Bertz CT molecular complexity index is 590. The van der Waals surface area contributed by atoms with E-state index in [1.165, 1.54) is 6.07 Å². The Hall–Kier alpha value is -1.46. The summed E-state index contributed by atoms with van der Waals surface area (Å²) in [7, 11) is 1.86. The Morgan fingerprint density at radius 2 is 2.16 bits per heavy atom. The van der Waals surface area contributed by atoms with Crippen LogP contribution in [0.4, 0.5) is 4.39 Å². The van der Waals surface area contributed by atoms with Crippen molar-refractivity contribution in [1.82, 2.24) is 10.3 Å². The molecular weight excluding hydrogens is 311 g/mol. The van der Waals surface area contributed by atoms with Crippen LogP contribution in [-0.2, 0) is 6.54 Å². The molecule has 2 aromatic rings. The van der Waals surface area contributed by atoms with E-state index >= 15 is 0 Å². The van der Waals surface area contributed by atoms with E-state index in [1.54, 1.807) is 18.3 Å². The lowest BCUT2D eigenvalue weighted by Gasteiger charge is -2.11. The molecule has 0 bridgehead atoms. The van der Waals surface area contributed by atoms with Gasteiger partial charge in [0, 0.05) is 30.1 Å².